The number of hydrogen-bond donors (Lipinski definition) is 5. The molecular weight excluding hydrogens is 570 g/mol. The number of hydrogen-bond acceptors (Lipinski definition) is 6. The smallest absolute Gasteiger partial charge is 0.219 e. The summed E-state index contributed by atoms with van der Waals surface area (Å²) in [5, 5.41) is 22.9. The fourth-order valence-electron chi connectivity index (χ4n) is 5.70. The van der Waals surface area contributed by atoms with Crippen LogP contribution in [0.5, 0.6) is 5.75 Å². The Kier molecular flexibility index (Phi) is 14.0. The number of aromatic nitrogens is 1. The van der Waals surface area contributed by atoms with Crippen LogP contribution in [-0.2, 0) is 16.1 Å². The van der Waals surface area contributed by atoms with E-state index in [1.165, 1.54) is 0 Å². The highest BCUT2D eigenvalue weighted by Crippen LogP contribution is 2.34. The molecule has 44 heavy (non-hydrogen) atoms. The van der Waals surface area contributed by atoms with Gasteiger partial charge < -0.3 is 26.4 Å². The number of benzene rings is 1. The van der Waals surface area contributed by atoms with Crippen molar-refractivity contribution in [1.82, 2.24) is 21.3 Å². The van der Waals surface area contributed by atoms with E-state index in [9.17, 15) is 14.7 Å². The fourth-order valence-corrected chi connectivity index (χ4v) is 7.25. The van der Waals surface area contributed by atoms with Gasteiger partial charge in [0, 0.05) is 55.5 Å². The van der Waals surface area contributed by atoms with Crippen molar-refractivity contribution in [2.45, 2.75) is 94.5 Å². The van der Waals surface area contributed by atoms with E-state index in [4.69, 9.17) is 0 Å². The Morgan fingerprint density at radius 2 is 1.45 bits per heavy atom. The average Bonchev–Trinajstić information content (AvgIpc) is 3.58. The summed E-state index contributed by atoms with van der Waals surface area (Å²) in [5.74, 6) is 2.64. The van der Waals surface area contributed by atoms with Crippen LogP contribution in [0, 0.1) is 0 Å². The predicted molar refractivity (Wildman–Crippen MR) is 180 cm³/mol. The molecule has 238 valence electrons. The van der Waals surface area contributed by atoms with E-state index < -0.39 is 0 Å². The first-order valence-electron chi connectivity index (χ1n) is 16.3. The third-order valence-electron chi connectivity index (χ3n) is 8.26. The number of amides is 2. The first kappa shape index (κ1) is 33.4. The summed E-state index contributed by atoms with van der Waals surface area (Å²) >= 11 is 2.03. The van der Waals surface area contributed by atoms with Gasteiger partial charge >= 0.3 is 0 Å². The number of carbonyl (C=O) groups excluding carboxylic acids is 2. The molecule has 1 aromatic carbocycles. The van der Waals surface area contributed by atoms with Gasteiger partial charge in [-0.3, -0.25) is 9.59 Å². The highest BCUT2D eigenvalue weighted by molar-refractivity contribution is 8.00. The number of aromatic hydroxyl groups is 1. The maximum absolute atomic E-state index is 12.1. The molecular formula is C35H50N5O3S+. The standard InChI is InChI=1S/C35H49N5O3S/c1-27-38-31-26-44-32(35(31)39-27)10-5-6-12-34(43)37-22-8-3-7-21-36-33(42)11-4-2-9-23-40-24-19-29(20-25-40)14-13-28-15-17-30(41)18-16-28/h13-20,24-25,31-32,35,38-39H,1-12,21-23,26H2,(H2,36,37,42,43)/p+1. The number of nitrogens with zero attached hydrogens (tertiary/aromatic N) is 1. The molecule has 0 bridgehead atoms. The Morgan fingerprint density at radius 3 is 2.14 bits per heavy atom. The summed E-state index contributed by atoms with van der Waals surface area (Å²) < 4.78 is 2.18. The predicted octanol–water partition coefficient (Wildman–Crippen LogP) is 4.89. The van der Waals surface area contributed by atoms with Crippen LogP contribution in [-0.4, -0.2) is 53.1 Å². The average molecular weight is 621 g/mol. The molecule has 2 fully saturated rings. The molecule has 4 rings (SSSR count). The molecule has 2 aromatic rings. The molecule has 0 spiro atoms. The van der Waals surface area contributed by atoms with E-state index in [0.29, 0.717) is 43.3 Å². The molecule has 0 radical (unpaired) electrons. The number of phenolic OH excluding ortho intramolecular Hbond substituents is 1. The Hall–Kier alpha value is -3.46. The van der Waals surface area contributed by atoms with Gasteiger partial charge in [0.15, 0.2) is 12.4 Å². The third-order valence-corrected chi connectivity index (χ3v) is 9.77. The molecule has 9 heteroatoms. The molecule has 2 aliphatic heterocycles. The van der Waals surface area contributed by atoms with Crippen molar-refractivity contribution in [2.24, 2.45) is 0 Å². The summed E-state index contributed by atoms with van der Waals surface area (Å²) in [6.07, 6.45) is 18.4. The van der Waals surface area contributed by atoms with E-state index in [0.717, 1.165) is 87.0 Å². The molecule has 8 nitrogen and oxygen atoms in total. The van der Waals surface area contributed by atoms with Crippen molar-refractivity contribution < 1.29 is 19.3 Å². The maximum Gasteiger partial charge on any atom is 0.219 e. The highest BCUT2D eigenvalue weighted by Gasteiger charge is 2.40. The van der Waals surface area contributed by atoms with Crippen molar-refractivity contribution in [3.05, 3.63) is 72.3 Å². The lowest BCUT2D eigenvalue weighted by atomic mass is 10.0. The summed E-state index contributed by atoms with van der Waals surface area (Å²) in [4.78, 5) is 24.3. The van der Waals surface area contributed by atoms with Crippen molar-refractivity contribution in [3.8, 4) is 5.75 Å². The normalized spacial score (nSPS) is 19.0. The Morgan fingerprint density at radius 1 is 0.841 bits per heavy atom. The molecule has 2 saturated heterocycles. The molecule has 1 aromatic heterocycles. The van der Waals surface area contributed by atoms with Gasteiger partial charge in [-0.1, -0.05) is 37.3 Å². The molecule has 0 saturated carbocycles. The number of phenols is 1. The number of nitrogens with one attached hydrogen (secondary N) is 4. The number of pyridine rings is 1. The van der Waals surface area contributed by atoms with Gasteiger partial charge in [0.05, 0.1) is 17.9 Å². The molecule has 3 atom stereocenters. The van der Waals surface area contributed by atoms with Gasteiger partial charge in [-0.25, -0.2) is 4.57 Å². The maximum atomic E-state index is 12.1. The number of thioether (sulfide) groups is 1. The van der Waals surface area contributed by atoms with E-state index >= 15 is 0 Å². The summed E-state index contributed by atoms with van der Waals surface area (Å²) in [6, 6.07) is 12.3. The summed E-state index contributed by atoms with van der Waals surface area (Å²) in [5.41, 5.74) is 2.17. The van der Waals surface area contributed by atoms with Crippen molar-refractivity contribution >= 4 is 35.7 Å². The van der Waals surface area contributed by atoms with Crippen LogP contribution in [0.4, 0.5) is 0 Å². The topological polar surface area (TPSA) is 106 Å². The minimum Gasteiger partial charge on any atom is -0.508 e. The number of fused-ring (bicyclic) bond motifs is 1. The Bertz CT molecular complexity index is 1220. The second kappa shape index (κ2) is 18.4. The molecule has 3 unspecified atom stereocenters. The van der Waals surface area contributed by atoms with Gasteiger partial charge in [0.1, 0.15) is 12.3 Å². The van der Waals surface area contributed by atoms with E-state index in [-0.39, 0.29) is 17.6 Å². The van der Waals surface area contributed by atoms with Gasteiger partial charge in [-0.05, 0) is 68.2 Å². The number of unbranched alkanes of at least 4 members (excludes halogenated alkanes) is 5. The molecule has 2 amide bonds. The molecule has 3 heterocycles. The lowest BCUT2D eigenvalue weighted by Gasteiger charge is -2.17. The van der Waals surface area contributed by atoms with Crippen molar-refractivity contribution in [2.75, 3.05) is 18.8 Å². The van der Waals surface area contributed by atoms with Crippen LogP contribution >= 0.6 is 11.8 Å². The molecule has 5 N–H and O–H groups in total. The van der Waals surface area contributed by atoms with Gasteiger partial charge in [0.25, 0.3) is 0 Å². The van der Waals surface area contributed by atoms with Gasteiger partial charge in [0.2, 0.25) is 11.8 Å². The summed E-state index contributed by atoms with van der Waals surface area (Å²) in [7, 11) is 0. The number of carbonyl (C=O) groups is 2. The van der Waals surface area contributed by atoms with Crippen LogP contribution < -0.4 is 25.8 Å². The van der Waals surface area contributed by atoms with Crippen LogP contribution in [0.1, 0.15) is 81.8 Å². The van der Waals surface area contributed by atoms with Crippen LogP contribution in [0.25, 0.3) is 12.2 Å². The second-order valence-corrected chi connectivity index (χ2v) is 13.2. The van der Waals surface area contributed by atoms with Gasteiger partial charge in [-0.15, -0.1) is 0 Å². The molecule has 2 aliphatic rings. The van der Waals surface area contributed by atoms with E-state index in [1.807, 2.05) is 30.0 Å². The Balaban J connectivity index is 0.920. The SMILES string of the molecule is C=C1NC2CSC(CCCCC(=O)NCCCCCNC(=O)CCCCC[n+]3ccc(/C=C/c4ccc(O)cc4)cc3)C2N1. The van der Waals surface area contributed by atoms with Crippen molar-refractivity contribution in [1.29, 1.82) is 0 Å². The van der Waals surface area contributed by atoms with Gasteiger partial charge in [-0.2, -0.15) is 11.8 Å². The zero-order valence-corrected chi connectivity index (χ0v) is 26.8. The first-order valence-corrected chi connectivity index (χ1v) is 17.3. The monoisotopic (exact) mass is 620 g/mol. The molecule has 0 aliphatic carbocycles. The fraction of sp³-hybridized carbons (Fsp3) is 0.514. The summed E-state index contributed by atoms with van der Waals surface area (Å²) in [6.45, 7) is 6.33. The number of rotatable bonds is 19. The zero-order chi connectivity index (χ0) is 31.0. The minimum atomic E-state index is 0.132. The minimum absolute atomic E-state index is 0.132. The van der Waals surface area contributed by atoms with E-state index in [1.54, 1.807) is 12.1 Å². The number of aryl methyl sites for hydroxylation is 1. The second-order valence-electron chi connectivity index (χ2n) is 11.9. The largest absolute Gasteiger partial charge is 0.508 e. The Labute approximate surface area is 267 Å². The van der Waals surface area contributed by atoms with E-state index in [2.05, 4.69) is 63.0 Å². The lowest BCUT2D eigenvalue weighted by Crippen LogP contribution is -2.36. The van der Waals surface area contributed by atoms with Crippen molar-refractivity contribution in [3.63, 3.8) is 0 Å². The van der Waals surface area contributed by atoms with Crippen LogP contribution in [0.15, 0.2) is 61.2 Å². The van der Waals surface area contributed by atoms with Crippen LogP contribution in [0.2, 0.25) is 0 Å². The third kappa shape index (κ3) is 11.9. The lowest BCUT2D eigenvalue weighted by molar-refractivity contribution is -0.697. The first-order chi connectivity index (χ1) is 21.5. The highest BCUT2D eigenvalue weighted by atomic mass is 32.2. The zero-order valence-electron chi connectivity index (χ0n) is 25.9. The van der Waals surface area contributed by atoms with Crippen LogP contribution in [0.3, 0.4) is 0 Å². The quantitative estimate of drug-likeness (QED) is 0.113.